The van der Waals surface area contributed by atoms with Gasteiger partial charge in [-0.25, -0.2) is 0 Å². The van der Waals surface area contributed by atoms with Gasteiger partial charge in [0.25, 0.3) is 0 Å². The predicted molar refractivity (Wildman–Crippen MR) is 57.4 cm³/mol. The van der Waals surface area contributed by atoms with E-state index >= 15 is 0 Å². The van der Waals surface area contributed by atoms with Gasteiger partial charge in [0.05, 0.1) is 12.7 Å². The lowest BCUT2D eigenvalue weighted by atomic mass is 9.75. The maximum atomic E-state index is 11.9. The summed E-state index contributed by atoms with van der Waals surface area (Å²) in [4.78, 5) is 13.8. The molecule has 1 amide bonds. The Balaban J connectivity index is 1.84. The number of carbonyl (C=O) groups is 1. The van der Waals surface area contributed by atoms with E-state index in [1.807, 2.05) is 11.8 Å². The average molecular weight is 212 g/mol. The fourth-order valence-corrected chi connectivity index (χ4v) is 2.27. The zero-order valence-corrected chi connectivity index (χ0v) is 9.37. The van der Waals surface area contributed by atoms with Gasteiger partial charge >= 0.3 is 0 Å². The summed E-state index contributed by atoms with van der Waals surface area (Å²) >= 11 is 0. The summed E-state index contributed by atoms with van der Waals surface area (Å²) in [6, 6.07) is 0. The van der Waals surface area contributed by atoms with Crippen molar-refractivity contribution in [1.82, 2.24) is 4.90 Å². The fourth-order valence-electron chi connectivity index (χ4n) is 2.27. The van der Waals surface area contributed by atoms with Crippen LogP contribution >= 0.6 is 0 Å². The lowest BCUT2D eigenvalue weighted by Gasteiger charge is -2.40. The van der Waals surface area contributed by atoms with Crippen LogP contribution in [-0.4, -0.2) is 42.1 Å². The molecule has 0 spiro atoms. The van der Waals surface area contributed by atoms with E-state index in [0.717, 1.165) is 25.9 Å². The topological polar surface area (TPSA) is 55.6 Å². The van der Waals surface area contributed by atoms with E-state index in [-0.39, 0.29) is 17.6 Å². The fraction of sp³-hybridized carbons (Fsp3) is 0.909. The van der Waals surface area contributed by atoms with Crippen LogP contribution in [0.5, 0.6) is 0 Å². The van der Waals surface area contributed by atoms with Gasteiger partial charge in [0.2, 0.25) is 5.91 Å². The van der Waals surface area contributed by atoms with Crippen LogP contribution in [0.2, 0.25) is 0 Å². The lowest BCUT2D eigenvalue weighted by Crippen LogP contribution is -2.53. The van der Waals surface area contributed by atoms with Gasteiger partial charge in [0.15, 0.2) is 0 Å². The molecule has 2 N–H and O–H groups in total. The third-order valence-electron chi connectivity index (χ3n) is 3.45. The Morgan fingerprint density at radius 2 is 2.33 bits per heavy atom. The van der Waals surface area contributed by atoms with Crippen molar-refractivity contribution < 1.29 is 9.53 Å². The van der Waals surface area contributed by atoms with Crippen molar-refractivity contribution in [2.75, 3.05) is 19.7 Å². The second kappa shape index (κ2) is 4.10. The van der Waals surface area contributed by atoms with E-state index in [9.17, 15) is 4.79 Å². The smallest absolute Gasteiger partial charge is 0.224 e. The van der Waals surface area contributed by atoms with Crippen LogP contribution in [0, 0.1) is 0 Å². The standard InChI is InChI=1S/C11H20N2O2/c1-9-8-13(5-6-15-9)10(14)7-11(12)3-2-4-11/h9H,2-8,12H2,1H3. The van der Waals surface area contributed by atoms with Crippen LogP contribution < -0.4 is 5.73 Å². The van der Waals surface area contributed by atoms with E-state index in [1.54, 1.807) is 0 Å². The number of carbonyl (C=O) groups excluding carboxylic acids is 1. The van der Waals surface area contributed by atoms with Crippen molar-refractivity contribution in [1.29, 1.82) is 0 Å². The van der Waals surface area contributed by atoms with Crippen LogP contribution in [-0.2, 0) is 9.53 Å². The molecule has 0 aromatic heterocycles. The van der Waals surface area contributed by atoms with E-state index in [4.69, 9.17) is 10.5 Å². The Bertz CT molecular complexity index is 251. The lowest BCUT2D eigenvalue weighted by molar-refractivity contribution is -0.140. The van der Waals surface area contributed by atoms with Crippen LogP contribution in [0.15, 0.2) is 0 Å². The maximum absolute atomic E-state index is 11.9. The molecule has 4 heteroatoms. The van der Waals surface area contributed by atoms with Gasteiger partial charge in [-0.2, -0.15) is 0 Å². The number of amides is 1. The monoisotopic (exact) mass is 212 g/mol. The van der Waals surface area contributed by atoms with E-state index in [2.05, 4.69) is 0 Å². The Morgan fingerprint density at radius 3 is 2.87 bits per heavy atom. The van der Waals surface area contributed by atoms with Gasteiger partial charge in [-0.1, -0.05) is 0 Å². The number of morpholine rings is 1. The largest absolute Gasteiger partial charge is 0.375 e. The Labute approximate surface area is 90.8 Å². The zero-order valence-electron chi connectivity index (χ0n) is 9.37. The summed E-state index contributed by atoms with van der Waals surface area (Å²) in [7, 11) is 0. The Kier molecular flexibility index (Phi) is 2.98. The van der Waals surface area contributed by atoms with Gasteiger partial charge in [-0.3, -0.25) is 4.79 Å². The quantitative estimate of drug-likeness (QED) is 0.725. The van der Waals surface area contributed by atoms with Crippen molar-refractivity contribution in [2.24, 2.45) is 5.73 Å². The second-order valence-corrected chi connectivity index (χ2v) is 4.91. The highest BCUT2D eigenvalue weighted by molar-refractivity contribution is 5.77. The summed E-state index contributed by atoms with van der Waals surface area (Å²) in [5, 5.41) is 0. The Morgan fingerprint density at radius 1 is 1.60 bits per heavy atom. The van der Waals surface area contributed by atoms with Crippen molar-refractivity contribution >= 4 is 5.91 Å². The molecular formula is C11H20N2O2. The molecule has 4 nitrogen and oxygen atoms in total. The predicted octanol–water partition coefficient (Wildman–Crippen LogP) is 0.505. The third kappa shape index (κ3) is 2.49. The summed E-state index contributed by atoms with van der Waals surface area (Å²) in [6.45, 7) is 4.10. The molecular weight excluding hydrogens is 192 g/mol. The molecule has 2 rings (SSSR count). The summed E-state index contributed by atoms with van der Waals surface area (Å²) in [6.07, 6.45) is 3.85. The molecule has 0 aromatic carbocycles. The number of nitrogens with zero attached hydrogens (tertiary/aromatic N) is 1. The molecule has 15 heavy (non-hydrogen) atoms. The first-order valence-corrected chi connectivity index (χ1v) is 5.77. The van der Waals surface area contributed by atoms with Crippen LogP contribution in [0.3, 0.4) is 0 Å². The first-order chi connectivity index (χ1) is 7.09. The summed E-state index contributed by atoms with van der Waals surface area (Å²) in [5.41, 5.74) is 5.87. The number of hydrogen-bond acceptors (Lipinski definition) is 3. The molecule has 1 saturated carbocycles. The van der Waals surface area contributed by atoms with Gasteiger partial charge in [0.1, 0.15) is 0 Å². The molecule has 2 fully saturated rings. The van der Waals surface area contributed by atoms with Gasteiger partial charge in [-0.05, 0) is 26.2 Å². The SMILES string of the molecule is CC1CN(C(=O)CC2(N)CCC2)CCO1. The minimum Gasteiger partial charge on any atom is -0.375 e. The average Bonchev–Trinajstić information content (AvgIpc) is 2.15. The molecule has 0 aromatic rings. The minimum atomic E-state index is -0.196. The minimum absolute atomic E-state index is 0.165. The maximum Gasteiger partial charge on any atom is 0.224 e. The van der Waals surface area contributed by atoms with E-state index in [1.165, 1.54) is 6.42 Å². The van der Waals surface area contributed by atoms with Crippen molar-refractivity contribution in [3.63, 3.8) is 0 Å². The van der Waals surface area contributed by atoms with E-state index < -0.39 is 0 Å². The van der Waals surface area contributed by atoms with Crippen molar-refractivity contribution in [3.05, 3.63) is 0 Å². The highest BCUT2D eigenvalue weighted by Crippen LogP contribution is 2.32. The molecule has 1 aliphatic heterocycles. The molecule has 1 aliphatic carbocycles. The van der Waals surface area contributed by atoms with Gasteiger partial charge in [-0.15, -0.1) is 0 Å². The molecule has 2 aliphatic rings. The first kappa shape index (κ1) is 10.9. The van der Waals surface area contributed by atoms with Crippen LogP contribution in [0.4, 0.5) is 0 Å². The van der Waals surface area contributed by atoms with Crippen LogP contribution in [0.1, 0.15) is 32.6 Å². The second-order valence-electron chi connectivity index (χ2n) is 4.91. The zero-order chi connectivity index (χ0) is 10.9. The number of ether oxygens (including phenoxy) is 1. The molecule has 1 atom stereocenters. The molecule has 1 saturated heterocycles. The van der Waals surface area contributed by atoms with Gasteiger partial charge in [0, 0.05) is 25.0 Å². The molecule has 1 unspecified atom stereocenters. The van der Waals surface area contributed by atoms with Gasteiger partial charge < -0.3 is 15.4 Å². The number of nitrogens with two attached hydrogens (primary N) is 1. The number of hydrogen-bond donors (Lipinski definition) is 1. The molecule has 86 valence electrons. The molecule has 0 bridgehead atoms. The summed E-state index contributed by atoms with van der Waals surface area (Å²) in [5.74, 6) is 0.201. The summed E-state index contributed by atoms with van der Waals surface area (Å²) < 4.78 is 5.40. The van der Waals surface area contributed by atoms with Crippen molar-refractivity contribution in [2.45, 2.75) is 44.2 Å². The van der Waals surface area contributed by atoms with Crippen LogP contribution in [0.25, 0.3) is 0 Å². The normalized spacial score (nSPS) is 29.7. The highest BCUT2D eigenvalue weighted by atomic mass is 16.5. The number of rotatable bonds is 2. The third-order valence-corrected chi connectivity index (χ3v) is 3.45. The highest BCUT2D eigenvalue weighted by Gasteiger charge is 2.36. The van der Waals surface area contributed by atoms with Crippen molar-refractivity contribution in [3.8, 4) is 0 Å². The Hall–Kier alpha value is -0.610. The first-order valence-electron chi connectivity index (χ1n) is 5.77. The molecule has 1 heterocycles. The van der Waals surface area contributed by atoms with E-state index in [0.29, 0.717) is 13.0 Å². The molecule has 0 radical (unpaired) electrons.